The minimum atomic E-state index is -0.231. The van der Waals surface area contributed by atoms with Gasteiger partial charge in [0.1, 0.15) is 0 Å². The Morgan fingerprint density at radius 1 is 1.05 bits per heavy atom. The van der Waals surface area contributed by atoms with E-state index in [9.17, 15) is 9.59 Å². The molecule has 0 aliphatic rings. The van der Waals surface area contributed by atoms with E-state index in [2.05, 4.69) is 37.2 Å². The molecule has 1 N–H and O–H groups in total. The SMILES string of the molecule is CC(=O)c1cccc(NC(=O)c2ccc(Br)cc2Br)c1. The van der Waals surface area contributed by atoms with E-state index in [-0.39, 0.29) is 11.7 Å². The average Bonchev–Trinajstić information content (AvgIpc) is 2.38. The highest BCUT2D eigenvalue weighted by Crippen LogP contribution is 2.23. The van der Waals surface area contributed by atoms with Gasteiger partial charge in [-0.1, -0.05) is 28.1 Å². The van der Waals surface area contributed by atoms with E-state index in [0.29, 0.717) is 21.3 Å². The molecular formula is C15H11Br2NO2. The maximum absolute atomic E-state index is 12.2. The highest BCUT2D eigenvalue weighted by Gasteiger charge is 2.11. The van der Waals surface area contributed by atoms with Crippen molar-refractivity contribution in [1.29, 1.82) is 0 Å². The van der Waals surface area contributed by atoms with Gasteiger partial charge in [0.05, 0.1) is 5.56 Å². The molecule has 0 bridgehead atoms. The number of anilines is 1. The van der Waals surface area contributed by atoms with Crippen molar-refractivity contribution in [2.45, 2.75) is 6.92 Å². The lowest BCUT2D eigenvalue weighted by Crippen LogP contribution is -2.12. The fourth-order valence-corrected chi connectivity index (χ4v) is 2.92. The second-order valence-electron chi connectivity index (χ2n) is 4.22. The Kier molecular flexibility index (Phi) is 4.73. The zero-order chi connectivity index (χ0) is 14.7. The molecule has 0 fully saturated rings. The van der Waals surface area contributed by atoms with Crippen molar-refractivity contribution >= 4 is 49.2 Å². The highest BCUT2D eigenvalue weighted by molar-refractivity contribution is 9.11. The first-order chi connectivity index (χ1) is 9.47. The lowest BCUT2D eigenvalue weighted by Gasteiger charge is -2.08. The Morgan fingerprint density at radius 3 is 2.45 bits per heavy atom. The van der Waals surface area contributed by atoms with Crippen LogP contribution in [0.5, 0.6) is 0 Å². The largest absolute Gasteiger partial charge is 0.322 e. The standard InChI is InChI=1S/C15H11Br2NO2/c1-9(19)10-3-2-4-12(7-10)18-15(20)13-6-5-11(16)8-14(13)17/h2-8H,1H3,(H,18,20). The molecule has 0 spiro atoms. The first kappa shape index (κ1) is 14.9. The maximum Gasteiger partial charge on any atom is 0.256 e. The number of rotatable bonds is 3. The zero-order valence-corrected chi connectivity index (χ0v) is 13.8. The van der Waals surface area contributed by atoms with Crippen LogP contribution >= 0.6 is 31.9 Å². The quantitative estimate of drug-likeness (QED) is 0.766. The molecule has 0 saturated heterocycles. The molecular weight excluding hydrogens is 386 g/mol. The van der Waals surface area contributed by atoms with Gasteiger partial charge in [-0.05, 0) is 53.2 Å². The van der Waals surface area contributed by atoms with Crippen molar-refractivity contribution < 1.29 is 9.59 Å². The van der Waals surface area contributed by atoms with Crippen molar-refractivity contribution in [3.8, 4) is 0 Å². The van der Waals surface area contributed by atoms with Crippen LogP contribution in [-0.4, -0.2) is 11.7 Å². The Labute approximate surface area is 133 Å². The maximum atomic E-state index is 12.2. The van der Waals surface area contributed by atoms with Crippen molar-refractivity contribution in [1.82, 2.24) is 0 Å². The van der Waals surface area contributed by atoms with E-state index in [4.69, 9.17) is 0 Å². The Bertz CT molecular complexity index is 683. The number of Topliss-reactive ketones (excluding diaryl/α,β-unsaturated/α-hetero) is 1. The van der Waals surface area contributed by atoms with Gasteiger partial charge in [0, 0.05) is 20.2 Å². The number of halogens is 2. The second-order valence-corrected chi connectivity index (χ2v) is 5.99. The topological polar surface area (TPSA) is 46.2 Å². The zero-order valence-electron chi connectivity index (χ0n) is 10.6. The van der Waals surface area contributed by atoms with Crippen molar-refractivity contribution in [2.75, 3.05) is 5.32 Å². The van der Waals surface area contributed by atoms with Gasteiger partial charge in [-0.2, -0.15) is 0 Å². The molecule has 2 aromatic carbocycles. The predicted molar refractivity (Wildman–Crippen MR) is 86.2 cm³/mol. The molecule has 0 aromatic heterocycles. The molecule has 0 saturated carbocycles. The van der Waals surface area contributed by atoms with Gasteiger partial charge in [-0.25, -0.2) is 0 Å². The number of carbonyl (C=O) groups excluding carboxylic acids is 2. The molecule has 1 amide bonds. The third-order valence-corrected chi connectivity index (χ3v) is 3.85. The van der Waals surface area contributed by atoms with Gasteiger partial charge in [0.2, 0.25) is 0 Å². The molecule has 2 rings (SSSR count). The fraction of sp³-hybridized carbons (Fsp3) is 0.0667. The van der Waals surface area contributed by atoms with Gasteiger partial charge >= 0.3 is 0 Å². The van der Waals surface area contributed by atoms with Gasteiger partial charge < -0.3 is 5.32 Å². The summed E-state index contributed by atoms with van der Waals surface area (Å²) >= 11 is 6.69. The summed E-state index contributed by atoms with van der Waals surface area (Å²) in [5.74, 6) is -0.268. The van der Waals surface area contributed by atoms with Gasteiger partial charge in [0.15, 0.2) is 5.78 Å². The summed E-state index contributed by atoms with van der Waals surface area (Å²) in [5, 5.41) is 2.78. The van der Waals surface area contributed by atoms with Gasteiger partial charge in [0.25, 0.3) is 5.91 Å². The van der Waals surface area contributed by atoms with Crippen LogP contribution in [0.3, 0.4) is 0 Å². The van der Waals surface area contributed by atoms with Crippen molar-refractivity contribution in [3.05, 3.63) is 62.5 Å². The molecule has 0 heterocycles. The van der Waals surface area contributed by atoms with Crippen LogP contribution in [0.2, 0.25) is 0 Å². The molecule has 2 aromatic rings. The van der Waals surface area contributed by atoms with Gasteiger partial charge in [-0.15, -0.1) is 0 Å². The number of amides is 1. The van der Waals surface area contributed by atoms with E-state index in [1.807, 2.05) is 0 Å². The Balaban J connectivity index is 2.23. The molecule has 0 unspecified atom stereocenters. The fourth-order valence-electron chi connectivity index (χ4n) is 1.69. The smallest absolute Gasteiger partial charge is 0.256 e. The number of nitrogens with one attached hydrogen (secondary N) is 1. The average molecular weight is 397 g/mol. The van der Waals surface area contributed by atoms with Crippen LogP contribution in [0.1, 0.15) is 27.6 Å². The first-order valence-electron chi connectivity index (χ1n) is 5.85. The normalized spacial score (nSPS) is 10.2. The summed E-state index contributed by atoms with van der Waals surface area (Å²) in [6.07, 6.45) is 0. The molecule has 0 atom stereocenters. The van der Waals surface area contributed by atoms with Crippen LogP contribution in [-0.2, 0) is 0 Å². The summed E-state index contributed by atoms with van der Waals surface area (Å²) in [6.45, 7) is 1.49. The first-order valence-corrected chi connectivity index (χ1v) is 7.43. The predicted octanol–water partition coefficient (Wildman–Crippen LogP) is 4.67. The lowest BCUT2D eigenvalue weighted by atomic mass is 10.1. The van der Waals surface area contributed by atoms with Crippen molar-refractivity contribution in [3.63, 3.8) is 0 Å². The minimum absolute atomic E-state index is 0.0362. The Morgan fingerprint density at radius 2 is 1.80 bits per heavy atom. The van der Waals surface area contributed by atoms with Crippen LogP contribution in [0, 0.1) is 0 Å². The molecule has 20 heavy (non-hydrogen) atoms. The molecule has 5 heteroatoms. The monoisotopic (exact) mass is 395 g/mol. The molecule has 0 aliphatic carbocycles. The van der Waals surface area contributed by atoms with Crippen LogP contribution in [0.4, 0.5) is 5.69 Å². The highest BCUT2D eigenvalue weighted by atomic mass is 79.9. The molecule has 0 aliphatic heterocycles. The van der Waals surface area contributed by atoms with E-state index in [1.54, 1.807) is 42.5 Å². The number of hydrogen-bond donors (Lipinski definition) is 1. The van der Waals surface area contributed by atoms with E-state index in [1.165, 1.54) is 6.92 Å². The van der Waals surface area contributed by atoms with E-state index >= 15 is 0 Å². The minimum Gasteiger partial charge on any atom is -0.322 e. The number of hydrogen-bond acceptors (Lipinski definition) is 2. The third kappa shape index (κ3) is 3.55. The van der Waals surface area contributed by atoms with E-state index in [0.717, 1.165) is 4.47 Å². The molecule has 102 valence electrons. The Hall–Kier alpha value is -1.46. The summed E-state index contributed by atoms with van der Waals surface area (Å²) in [5.41, 5.74) is 1.69. The lowest BCUT2D eigenvalue weighted by molar-refractivity contribution is 0.101. The van der Waals surface area contributed by atoms with Crippen LogP contribution in [0.25, 0.3) is 0 Å². The van der Waals surface area contributed by atoms with Crippen LogP contribution in [0.15, 0.2) is 51.4 Å². The van der Waals surface area contributed by atoms with E-state index < -0.39 is 0 Å². The summed E-state index contributed by atoms with van der Waals surface area (Å²) in [4.78, 5) is 23.5. The number of benzene rings is 2. The van der Waals surface area contributed by atoms with Gasteiger partial charge in [-0.3, -0.25) is 9.59 Å². The van der Waals surface area contributed by atoms with Crippen molar-refractivity contribution in [2.24, 2.45) is 0 Å². The third-order valence-electron chi connectivity index (χ3n) is 2.70. The summed E-state index contributed by atoms with van der Waals surface area (Å²) < 4.78 is 1.59. The summed E-state index contributed by atoms with van der Waals surface area (Å²) in [7, 11) is 0. The molecule has 0 radical (unpaired) electrons. The number of carbonyl (C=O) groups is 2. The summed E-state index contributed by atoms with van der Waals surface area (Å²) in [6, 6.07) is 12.2. The van der Waals surface area contributed by atoms with Crippen LogP contribution < -0.4 is 5.32 Å². The second kappa shape index (κ2) is 6.33. The molecule has 3 nitrogen and oxygen atoms in total. The number of ketones is 1.